The Labute approximate surface area is 111 Å². The van der Waals surface area contributed by atoms with E-state index in [-0.39, 0.29) is 33.6 Å². The summed E-state index contributed by atoms with van der Waals surface area (Å²) < 4.78 is 5.03. The van der Waals surface area contributed by atoms with Crippen LogP contribution in [0.15, 0.2) is 0 Å². The van der Waals surface area contributed by atoms with E-state index in [2.05, 4.69) is 31.9 Å². The van der Waals surface area contributed by atoms with Crippen LogP contribution >= 0.6 is 31.9 Å². The molecule has 4 nitrogen and oxygen atoms in total. The van der Waals surface area contributed by atoms with Crippen LogP contribution in [-0.4, -0.2) is 45.1 Å². The lowest BCUT2D eigenvalue weighted by molar-refractivity contribution is -0.121. The molecule has 16 heavy (non-hydrogen) atoms. The lowest BCUT2D eigenvalue weighted by atomic mass is 10.0. The van der Waals surface area contributed by atoms with Gasteiger partial charge < -0.3 is 4.74 Å². The number of rotatable bonds is 1. The molecule has 2 aliphatic heterocycles. The smallest absolute Gasteiger partial charge is 0.410 e. The Morgan fingerprint density at radius 2 is 1.88 bits per heavy atom. The van der Waals surface area contributed by atoms with E-state index in [1.807, 2.05) is 0 Å². The molecule has 0 unspecified atom stereocenters. The molecule has 90 valence electrons. The fraction of sp³-hybridized carbons (Fsp3) is 0.800. The molecule has 4 atom stereocenters. The predicted molar refractivity (Wildman–Crippen MR) is 66.1 cm³/mol. The van der Waals surface area contributed by atoms with Gasteiger partial charge in [-0.05, 0) is 19.8 Å². The number of hydrogen-bond donors (Lipinski definition) is 0. The monoisotopic (exact) mass is 353 g/mol. The second-order valence-corrected chi connectivity index (χ2v) is 6.00. The summed E-state index contributed by atoms with van der Waals surface area (Å²) in [5, 5.41) is 0. The Balaban J connectivity index is 2.22. The standard InChI is InChI=1S/C10H13Br2NO3/c1-2-16-10(15)13-5-3-4-6(13)8(12)9(14)7(5)11/h5-8H,2-4H2,1H3/t5-,6+,7-,8-/m0/s1. The number of Topliss-reactive ketones (excluding diaryl/α,β-unsaturated/α-hetero) is 1. The third kappa shape index (κ3) is 1.79. The van der Waals surface area contributed by atoms with Crippen molar-refractivity contribution in [2.75, 3.05) is 6.61 Å². The minimum atomic E-state index is -0.309. The van der Waals surface area contributed by atoms with E-state index in [1.54, 1.807) is 11.8 Å². The summed E-state index contributed by atoms with van der Waals surface area (Å²) in [6.45, 7) is 2.15. The van der Waals surface area contributed by atoms with Crippen molar-refractivity contribution in [1.82, 2.24) is 4.90 Å². The van der Waals surface area contributed by atoms with E-state index < -0.39 is 0 Å². The van der Waals surface area contributed by atoms with Crippen LogP contribution in [0.4, 0.5) is 4.79 Å². The third-order valence-corrected chi connectivity index (χ3v) is 5.29. The Morgan fingerprint density at radius 1 is 1.38 bits per heavy atom. The molecule has 0 aromatic rings. The summed E-state index contributed by atoms with van der Waals surface area (Å²) in [5.74, 6) is 0.132. The molecule has 0 spiro atoms. The number of amides is 1. The van der Waals surface area contributed by atoms with Crippen LogP contribution < -0.4 is 0 Å². The summed E-state index contributed by atoms with van der Waals surface area (Å²) in [6.07, 6.45) is 1.40. The van der Waals surface area contributed by atoms with Crippen molar-refractivity contribution in [1.29, 1.82) is 0 Å². The minimum absolute atomic E-state index is 0.0506. The van der Waals surface area contributed by atoms with Crippen molar-refractivity contribution in [2.45, 2.75) is 41.5 Å². The molecule has 0 aromatic heterocycles. The minimum Gasteiger partial charge on any atom is -0.450 e. The maximum atomic E-state index is 11.8. The molecule has 2 bridgehead atoms. The van der Waals surface area contributed by atoms with Crippen molar-refractivity contribution in [3.63, 3.8) is 0 Å². The maximum absolute atomic E-state index is 11.8. The molecule has 1 amide bonds. The summed E-state index contributed by atoms with van der Waals surface area (Å²) >= 11 is 6.76. The maximum Gasteiger partial charge on any atom is 0.410 e. The summed E-state index contributed by atoms with van der Waals surface area (Å²) in [7, 11) is 0. The second kappa shape index (κ2) is 4.64. The van der Waals surface area contributed by atoms with Crippen LogP contribution in [0.3, 0.4) is 0 Å². The Hall–Kier alpha value is -0.100. The first-order valence-corrected chi connectivity index (χ1v) is 7.18. The highest BCUT2D eigenvalue weighted by Gasteiger charge is 2.53. The molecule has 2 fully saturated rings. The molecule has 0 saturated carbocycles. The highest BCUT2D eigenvalue weighted by molar-refractivity contribution is 9.10. The van der Waals surface area contributed by atoms with Crippen molar-refractivity contribution in [3.05, 3.63) is 0 Å². The number of halogens is 2. The number of ether oxygens (including phenoxy) is 1. The van der Waals surface area contributed by atoms with Gasteiger partial charge >= 0.3 is 6.09 Å². The van der Waals surface area contributed by atoms with Crippen LogP contribution in [0.1, 0.15) is 19.8 Å². The topological polar surface area (TPSA) is 46.6 Å². The molecule has 2 aliphatic rings. The normalized spacial score (nSPS) is 37.7. The zero-order chi connectivity index (χ0) is 11.9. The molecular formula is C10H13Br2NO3. The quantitative estimate of drug-likeness (QED) is 0.677. The zero-order valence-corrected chi connectivity index (χ0v) is 12.0. The largest absolute Gasteiger partial charge is 0.450 e. The Kier molecular flexibility index (Phi) is 3.59. The second-order valence-electron chi connectivity index (χ2n) is 4.02. The van der Waals surface area contributed by atoms with Crippen molar-refractivity contribution < 1.29 is 14.3 Å². The lowest BCUT2D eigenvalue weighted by Gasteiger charge is -2.38. The molecule has 0 N–H and O–H groups in total. The van der Waals surface area contributed by atoms with Gasteiger partial charge in [-0.2, -0.15) is 0 Å². The first-order valence-electron chi connectivity index (χ1n) is 5.35. The van der Waals surface area contributed by atoms with Crippen LogP contribution in [0.2, 0.25) is 0 Å². The van der Waals surface area contributed by atoms with Crippen LogP contribution in [0, 0.1) is 0 Å². The fourth-order valence-electron chi connectivity index (χ4n) is 2.44. The fourth-order valence-corrected chi connectivity index (χ4v) is 4.40. The van der Waals surface area contributed by atoms with Crippen molar-refractivity contribution in [2.24, 2.45) is 0 Å². The number of fused-ring (bicyclic) bond motifs is 2. The number of piperidine rings is 1. The van der Waals surface area contributed by atoms with Gasteiger partial charge in [-0.3, -0.25) is 9.69 Å². The molecular weight excluding hydrogens is 342 g/mol. The summed E-state index contributed by atoms with van der Waals surface area (Å²) in [5.41, 5.74) is 0. The van der Waals surface area contributed by atoms with E-state index >= 15 is 0 Å². The average Bonchev–Trinajstić information content (AvgIpc) is 2.66. The third-order valence-electron chi connectivity index (χ3n) is 3.17. The predicted octanol–water partition coefficient (Wildman–Crippen LogP) is 2.09. The highest BCUT2D eigenvalue weighted by Crippen LogP contribution is 2.40. The van der Waals surface area contributed by atoms with Gasteiger partial charge in [0.25, 0.3) is 0 Å². The van der Waals surface area contributed by atoms with Gasteiger partial charge in [0.15, 0.2) is 5.78 Å². The first kappa shape index (κ1) is 12.4. The zero-order valence-electron chi connectivity index (χ0n) is 8.86. The number of alkyl halides is 2. The summed E-state index contributed by atoms with van der Waals surface area (Å²) in [6, 6.07) is -0.101. The van der Waals surface area contributed by atoms with E-state index in [0.29, 0.717) is 6.61 Å². The number of carbonyl (C=O) groups is 2. The number of carbonyl (C=O) groups excluding carboxylic acids is 2. The number of nitrogens with zero attached hydrogens (tertiary/aromatic N) is 1. The van der Waals surface area contributed by atoms with Gasteiger partial charge in [0.2, 0.25) is 0 Å². The van der Waals surface area contributed by atoms with Gasteiger partial charge in [-0.25, -0.2) is 4.79 Å². The first-order chi connectivity index (χ1) is 7.57. The van der Waals surface area contributed by atoms with E-state index in [1.165, 1.54) is 0 Å². The van der Waals surface area contributed by atoms with E-state index in [4.69, 9.17) is 4.74 Å². The van der Waals surface area contributed by atoms with Gasteiger partial charge in [0.1, 0.15) is 0 Å². The number of hydrogen-bond acceptors (Lipinski definition) is 3. The van der Waals surface area contributed by atoms with Gasteiger partial charge in [0, 0.05) is 0 Å². The average molecular weight is 355 g/mol. The highest BCUT2D eigenvalue weighted by atomic mass is 79.9. The molecule has 0 aromatic carbocycles. The van der Waals surface area contributed by atoms with E-state index in [0.717, 1.165) is 12.8 Å². The van der Waals surface area contributed by atoms with Crippen molar-refractivity contribution in [3.8, 4) is 0 Å². The van der Waals surface area contributed by atoms with Gasteiger partial charge in [-0.1, -0.05) is 31.9 Å². The Morgan fingerprint density at radius 3 is 2.31 bits per heavy atom. The van der Waals surface area contributed by atoms with E-state index in [9.17, 15) is 9.59 Å². The molecule has 0 radical (unpaired) electrons. The summed E-state index contributed by atoms with van der Waals surface area (Å²) in [4.78, 5) is 24.8. The molecule has 2 saturated heterocycles. The molecule has 2 rings (SSSR count). The molecule has 2 heterocycles. The number of ketones is 1. The SMILES string of the molecule is CCOC(=O)N1[C@@H]2CC[C@H]1[C@H](Br)C(=O)[C@H]2Br. The van der Waals surface area contributed by atoms with Crippen LogP contribution in [0.5, 0.6) is 0 Å². The molecule has 6 heteroatoms. The Bertz CT molecular complexity index is 303. The van der Waals surface area contributed by atoms with Crippen LogP contribution in [-0.2, 0) is 9.53 Å². The van der Waals surface area contributed by atoms with Gasteiger partial charge in [0.05, 0.1) is 28.3 Å². The lowest BCUT2D eigenvalue weighted by Crippen LogP contribution is -2.58. The van der Waals surface area contributed by atoms with Gasteiger partial charge in [-0.15, -0.1) is 0 Å². The van der Waals surface area contributed by atoms with Crippen molar-refractivity contribution >= 4 is 43.7 Å². The van der Waals surface area contributed by atoms with Crippen LogP contribution in [0.25, 0.3) is 0 Å². The molecule has 0 aliphatic carbocycles.